The van der Waals surface area contributed by atoms with E-state index in [1.54, 1.807) is 34.1 Å². The normalized spacial score (nSPS) is 18.2. The van der Waals surface area contributed by atoms with E-state index in [1.807, 2.05) is 38.1 Å². The Bertz CT molecular complexity index is 1810. The molecule has 2 saturated heterocycles. The number of halogens is 1. The van der Waals surface area contributed by atoms with Gasteiger partial charge in [-0.2, -0.15) is 0 Å². The Morgan fingerprint density at radius 3 is 2.63 bits per heavy atom. The Morgan fingerprint density at radius 1 is 1.14 bits per heavy atom. The van der Waals surface area contributed by atoms with Gasteiger partial charge in [0.05, 0.1) is 49.5 Å². The molecule has 15 nitrogen and oxygen atoms in total. The van der Waals surface area contributed by atoms with E-state index in [9.17, 15) is 19.5 Å². The molecular formula is C33H38FN9O6. The number of aromatic amines is 1. The molecule has 2 fully saturated rings. The van der Waals surface area contributed by atoms with Crippen LogP contribution in [0.25, 0.3) is 22.4 Å². The number of carbonyl (C=O) groups is 3. The molecule has 2 aromatic heterocycles. The number of anilines is 1. The Labute approximate surface area is 281 Å². The zero-order chi connectivity index (χ0) is 34.7. The van der Waals surface area contributed by atoms with Crippen molar-refractivity contribution in [3.8, 4) is 22.4 Å². The number of nitrogens with one attached hydrogen (secondary N) is 3. The van der Waals surface area contributed by atoms with Gasteiger partial charge >= 0.3 is 6.09 Å². The molecular weight excluding hydrogens is 637 g/mol. The lowest BCUT2D eigenvalue weighted by Gasteiger charge is -2.29. The lowest BCUT2D eigenvalue weighted by Crippen LogP contribution is -2.50. The molecule has 4 N–H and O–H groups in total. The van der Waals surface area contributed by atoms with E-state index in [0.717, 1.165) is 17.7 Å². The van der Waals surface area contributed by atoms with Crippen molar-refractivity contribution in [2.24, 2.45) is 5.92 Å². The molecule has 16 heteroatoms. The maximum absolute atomic E-state index is 15.4. The molecule has 0 aliphatic carbocycles. The fourth-order valence-electron chi connectivity index (χ4n) is 6.04. The van der Waals surface area contributed by atoms with Crippen LogP contribution in [-0.4, -0.2) is 78.1 Å². The summed E-state index contributed by atoms with van der Waals surface area (Å²) in [6, 6.07) is 11.1. The largest absolute Gasteiger partial charge is 0.465 e. The molecule has 2 aromatic carbocycles. The smallest absolute Gasteiger partial charge is 0.405 e. The van der Waals surface area contributed by atoms with Crippen LogP contribution in [-0.2, 0) is 32.6 Å². The number of benzene rings is 2. The molecule has 0 saturated carbocycles. The number of amides is 3. The first-order chi connectivity index (χ1) is 23.5. The summed E-state index contributed by atoms with van der Waals surface area (Å²) in [4.78, 5) is 56.1. The highest BCUT2D eigenvalue weighted by Gasteiger charge is 2.37. The quantitative estimate of drug-likeness (QED) is 0.171. The second kappa shape index (κ2) is 14.4. The Hall–Kier alpha value is -5.35. The number of hydrogen-bond donors (Lipinski definition) is 4. The molecule has 6 rings (SSSR count). The summed E-state index contributed by atoms with van der Waals surface area (Å²) in [5.41, 5.74) is 3.80. The second-order valence-corrected chi connectivity index (χ2v) is 12.5. The van der Waals surface area contributed by atoms with Gasteiger partial charge in [-0.25, -0.2) is 28.8 Å². The van der Waals surface area contributed by atoms with Crippen LogP contribution in [0.5, 0.6) is 0 Å². The highest BCUT2D eigenvalue weighted by molar-refractivity contribution is 5.86. The average molecular weight is 676 g/mol. The molecule has 49 heavy (non-hydrogen) atoms. The van der Waals surface area contributed by atoms with E-state index >= 15 is 4.39 Å². The van der Waals surface area contributed by atoms with Crippen molar-refractivity contribution in [1.29, 1.82) is 0 Å². The minimum Gasteiger partial charge on any atom is -0.465 e. The van der Waals surface area contributed by atoms with Crippen molar-refractivity contribution in [1.82, 2.24) is 40.5 Å². The number of aromatic nitrogens is 5. The third-order valence-corrected chi connectivity index (χ3v) is 8.54. The lowest BCUT2D eigenvalue weighted by molar-refractivity contribution is -0.284. The molecule has 0 radical (unpaired) electrons. The molecule has 0 unspecified atom stereocenters. The molecule has 2 aliphatic rings. The van der Waals surface area contributed by atoms with Crippen LogP contribution in [0.1, 0.15) is 51.2 Å². The van der Waals surface area contributed by atoms with Crippen molar-refractivity contribution in [3.63, 3.8) is 0 Å². The van der Waals surface area contributed by atoms with Gasteiger partial charge < -0.3 is 25.6 Å². The minimum atomic E-state index is -1.23. The number of imidazole rings is 1. The van der Waals surface area contributed by atoms with E-state index in [4.69, 9.17) is 9.88 Å². The van der Waals surface area contributed by atoms with Gasteiger partial charge in [0.25, 0.3) is 0 Å². The zero-order valence-corrected chi connectivity index (χ0v) is 27.3. The number of rotatable bonds is 11. The van der Waals surface area contributed by atoms with Crippen molar-refractivity contribution in [2.45, 2.75) is 64.9 Å². The first kappa shape index (κ1) is 33.5. The third-order valence-electron chi connectivity index (χ3n) is 8.54. The fourth-order valence-corrected chi connectivity index (χ4v) is 6.04. The Kier molecular flexibility index (Phi) is 9.87. The SMILES string of the molecule is CC(=O)NCc1cn(C[C@@H]2CN(c3ccc(-c4ccc(-c5cnc([C@@H]6CCCN6C(=O)[C@@H](NC(=O)O)C(C)C)[nH]5)cc4)c(F)c3)OO2)nn1. The first-order valence-electron chi connectivity index (χ1n) is 16.1. The number of hydroxylamine groups is 1. The maximum Gasteiger partial charge on any atom is 0.405 e. The van der Waals surface area contributed by atoms with Gasteiger partial charge in [0, 0.05) is 25.1 Å². The molecule has 0 bridgehead atoms. The average Bonchev–Trinajstić information content (AvgIpc) is 3.90. The summed E-state index contributed by atoms with van der Waals surface area (Å²) in [6.45, 7) is 6.54. The van der Waals surface area contributed by atoms with Crippen LogP contribution in [0.2, 0.25) is 0 Å². The van der Waals surface area contributed by atoms with Crippen LogP contribution in [0.15, 0.2) is 54.9 Å². The molecule has 0 spiro atoms. The fraction of sp³-hybridized carbons (Fsp3) is 0.394. The number of carbonyl (C=O) groups excluding carboxylic acids is 2. The van der Waals surface area contributed by atoms with Crippen molar-refractivity contribution < 1.29 is 33.8 Å². The monoisotopic (exact) mass is 675 g/mol. The van der Waals surface area contributed by atoms with E-state index in [1.165, 1.54) is 18.1 Å². The molecule has 2 aliphatic heterocycles. The van der Waals surface area contributed by atoms with Crippen LogP contribution < -0.4 is 15.7 Å². The van der Waals surface area contributed by atoms with Crippen molar-refractivity contribution in [2.75, 3.05) is 18.2 Å². The van der Waals surface area contributed by atoms with Crippen LogP contribution in [0.4, 0.5) is 14.9 Å². The van der Waals surface area contributed by atoms with Gasteiger partial charge in [-0.05, 0) is 42.0 Å². The predicted molar refractivity (Wildman–Crippen MR) is 174 cm³/mol. The number of carboxylic acid groups (broad SMARTS) is 1. The van der Waals surface area contributed by atoms with Crippen LogP contribution in [0, 0.1) is 11.7 Å². The van der Waals surface area contributed by atoms with Gasteiger partial charge in [0.15, 0.2) is 0 Å². The summed E-state index contributed by atoms with van der Waals surface area (Å²) in [7, 11) is 0. The molecule has 3 atom stereocenters. The maximum atomic E-state index is 15.4. The minimum absolute atomic E-state index is 0.157. The summed E-state index contributed by atoms with van der Waals surface area (Å²) >= 11 is 0. The Morgan fingerprint density at radius 2 is 1.92 bits per heavy atom. The van der Waals surface area contributed by atoms with E-state index in [0.29, 0.717) is 54.4 Å². The Balaban J connectivity index is 1.08. The highest BCUT2D eigenvalue weighted by Crippen LogP contribution is 2.34. The highest BCUT2D eigenvalue weighted by atomic mass is 19.1. The summed E-state index contributed by atoms with van der Waals surface area (Å²) in [6.07, 6.45) is 3.30. The van der Waals surface area contributed by atoms with Crippen molar-refractivity contribution in [3.05, 3.63) is 72.2 Å². The van der Waals surface area contributed by atoms with E-state index in [-0.39, 0.29) is 36.4 Å². The first-order valence-corrected chi connectivity index (χ1v) is 16.1. The zero-order valence-electron chi connectivity index (χ0n) is 27.3. The topological polar surface area (TPSA) is 180 Å². The third kappa shape index (κ3) is 7.70. The standard InChI is InChI=1S/C33H38FN9O6/c1-19(2)30(38-33(46)47)32(45)42-12-4-5-29(42)31-36-15-28(37-31)22-8-6-21(7-9-22)26-11-10-24(13-27(26)34)43-18-25(48-49-43)17-41-16-23(39-40-41)14-35-20(3)44/h6-11,13,15-16,19,25,29-30,38H,4-5,12,14,17-18H2,1-3H3,(H,35,44)(H,36,37)(H,46,47)/t25-,29+,30+/m1/s1. The van der Waals surface area contributed by atoms with E-state index in [2.05, 4.69) is 30.9 Å². The van der Waals surface area contributed by atoms with Gasteiger partial charge in [-0.3, -0.25) is 9.59 Å². The second-order valence-electron chi connectivity index (χ2n) is 12.5. The van der Waals surface area contributed by atoms with Crippen molar-refractivity contribution >= 4 is 23.6 Å². The van der Waals surface area contributed by atoms with E-state index < -0.39 is 18.0 Å². The molecule has 258 valence electrons. The number of likely N-dealkylation sites (tertiary alicyclic amines) is 1. The van der Waals surface area contributed by atoms with Gasteiger partial charge in [0.1, 0.15) is 29.5 Å². The van der Waals surface area contributed by atoms with Crippen LogP contribution in [0.3, 0.4) is 0 Å². The lowest BCUT2D eigenvalue weighted by atomic mass is 10.0. The van der Waals surface area contributed by atoms with Crippen LogP contribution >= 0.6 is 0 Å². The molecule has 3 amide bonds. The summed E-state index contributed by atoms with van der Waals surface area (Å²) in [5.74, 6) is -0.424. The predicted octanol–water partition coefficient (Wildman–Crippen LogP) is 3.82. The number of nitrogens with zero attached hydrogens (tertiary/aromatic N) is 6. The van der Waals surface area contributed by atoms with Gasteiger partial charge in [-0.15, -0.1) is 10.1 Å². The number of H-pyrrole nitrogens is 1. The van der Waals surface area contributed by atoms with Gasteiger partial charge in [-0.1, -0.05) is 43.3 Å². The molecule has 4 heterocycles. The summed E-state index contributed by atoms with van der Waals surface area (Å²) in [5, 5.41) is 23.8. The van der Waals surface area contributed by atoms with Gasteiger partial charge in [0.2, 0.25) is 11.8 Å². The summed E-state index contributed by atoms with van der Waals surface area (Å²) < 4.78 is 17.0. The number of hydrogen-bond acceptors (Lipinski definition) is 9. The molecule has 4 aromatic rings.